The number of amides is 1. The lowest BCUT2D eigenvalue weighted by molar-refractivity contribution is -0.146. The fourth-order valence-electron chi connectivity index (χ4n) is 3.07. The lowest BCUT2D eigenvalue weighted by Crippen LogP contribution is -2.16. The van der Waals surface area contributed by atoms with E-state index in [-0.39, 0.29) is 22.4 Å². The van der Waals surface area contributed by atoms with Crippen LogP contribution >= 0.6 is 11.8 Å². The molecule has 11 heteroatoms. The van der Waals surface area contributed by atoms with Gasteiger partial charge in [-0.25, -0.2) is 8.78 Å². The van der Waals surface area contributed by atoms with Gasteiger partial charge in [0.25, 0.3) is 5.91 Å². The summed E-state index contributed by atoms with van der Waals surface area (Å²) >= 11 is 1.35. The van der Waals surface area contributed by atoms with Crippen molar-refractivity contribution in [3.63, 3.8) is 0 Å². The Labute approximate surface area is 177 Å². The van der Waals surface area contributed by atoms with Crippen LogP contribution in [0.2, 0.25) is 0 Å². The third-order valence-electron chi connectivity index (χ3n) is 4.50. The van der Waals surface area contributed by atoms with E-state index in [1.165, 1.54) is 42.1 Å². The molecule has 31 heavy (non-hydrogen) atoms. The molecule has 0 saturated heterocycles. The minimum atomic E-state index is -4.72. The molecule has 1 aliphatic heterocycles. The van der Waals surface area contributed by atoms with Crippen molar-refractivity contribution in [2.24, 2.45) is 0 Å². The summed E-state index contributed by atoms with van der Waals surface area (Å²) < 4.78 is 68.5. The van der Waals surface area contributed by atoms with Gasteiger partial charge in [-0.2, -0.15) is 13.2 Å². The quantitative estimate of drug-likeness (QED) is 0.531. The van der Waals surface area contributed by atoms with Crippen LogP contribution in [0.1, 0.15) is 33.7 Å². The summed E-state index contributed by atoms with van der Waals surface area (Å²) in [6, 6.07) is 8.61. The topological polar surface area (TPSA) is 59.8 Å². The van der Waals surface area contributed by atoms with Gasteiger partial charge >= 0.3 is 6.18 Å². The molecule has 0 radical (unpaired) electrons. The van der Waals surface area contributed by atoms with E-state index in [9.17, 15) is 26.7 Å². The Morgan fingerprint density at radius 1 is 1.10 bits per heavy atom. The van der Waals surface area contributed by atoms with E-state index in [1.54, 1.807) is 5.41 Å². The van der Waals surface area contributed by atoms with Crippen LogP contribution in [0.15, 0.2) is 53.9 Å². The molecule has 1 amide bonds. The van der Waals surface area contributed by atoms with Crippen LogP contribution in [0, 0.1) is 11.6 Å². The number of anilines is 1. The lowest BCUT2D eigenvalue weighted by Gasteiger charge is -2.15. The highest BCUT2D eigenvalue weighted by Gasteiger charge is 2.40. The predicted octanol–water partition coefficient (Wildman–Crippen LogP) is 5.51. The number of alkyl halides is 3. The fraction of sp³-hybridized carbons (Fsp3) is 0.150. The minimum Gasteiger partial charge on any atom is -0.322 e. The van der Waals surface area contributed by atoms with Crippen LogP contribution in [-0.4, -0.2) is 20.7 Å². The largest absolute Gasteiger partial charge is 0.452 e. The molecule has 1 aliphatic rings. The molecule has 1 aromatic heterocycles. The number of nitrogens with zero attached hydrogens (tertiary/aromatic N) is 3. The van der Waals surface area contributed by atoms with Gasteiger partial charge < -0.3 is 5.32 Å². The molecule has 1 unspecified atom stereocenters. The number of thioether (sulfide) groups is 1. The Morgan fingerprint density at radius 3 is 2.48 bits per heavy atom. The third-order valence-corrected chi connectivity index (χ3v) is 5.58. The Bertz CT molecular complexity index is 1150. The van der Waals surface area contributed by atoms with Gasteiger partial charge in [0.15, 0.2) is 17.5 Å². The van der Waals surface area contributed by atoms with Crippen LogP contribution in [0.5, 0.6) is 0 Å². The normalized spacial score (nSPS) is 16.0. The Morgan fingerprint density at radius 2 is 1.84 bits per heavy atom. The van der Waals surface area contributed by atoms with E-state index in [0.29, 0.717) is 6.42 Å². The fourth-order valence-corrected chi connectivity index (χ4v) is 3.97. The maximum Gasteiger partial charge on any atom is 0.452 e. The van der Waals surface area contributed by atoms with Gasteiger partial charge in [0.05, 0.1) is 10.8 Å². The molecule has 0 bridgehead atoms. The average Bonchev–Trinajstić information content (AvgIpc) is 3.39. The van der Waals surface area contributed by atoms with Gasteiger partial charge in [-0.05, 0) is 48.2 Å². The van der Waals surface area contributed by atoms with E-state index in [4.69, 9.17) is 0 Å². The first kappa shape index (κ1) is 21.0. The molecule has 2 aromatic carbocycles. The van der Waals surface area contributed by atoms with Crippen LogP contribution in [0.4, 0.5) is 27.6 Å². The number of nitrogens with one attached hydrogen (secondary N) is 1. The monoisotopic (exact) mass is 452 g/mol. The zero-order valence-electron chi connectivity index (χ0n) is 15.5. The van der Waals surface area contributed by atoms with Crippen LogP contribution < -0.4 is 5.32 Å². The molecule has 3 aromatic rings. The van der Waals surface area contributed by atoms with Crippen molar-refractivity contribution < 1.29 is 26.7 Å². The number of allylic oxidation sites excluding steroid dienone is 1. The molecule has 0 saturated carbocycles. The molecule has 1 atom stereocenters. The molecule has 0 fully saturated rings. The van der Waals surface area contributed by atoms with E-state index in [0.717, 1.165) is 16.7 Å². The standard InChI is InChI=1S/C20H13F5N4OS/c21-14-4-1-3-13(16(14)22)18(30)26-11-6-8-12(9-7-11)29-17(15-5-2-10-31-15)27-28-19(29)20(23,24)25/h1-4,6-10,15H,5H2,(H,26,30). The summed E-state index contributed by atoms with van der Waals surface area (Å²) in [6.45, 7) is 0. The molecular weight excluding hydrogens is 439 g/mol. The molecule has 4 rings (SSSR count). The number of aromatic nitrogens is 3. The van der Waals surface area contributed by atoms with E-state index in [1.807, 2.05) is 6.08 Å². The summed E-state index contributed by atoms with van der Waals surface area (Å²) in [6.07, 6.45) is -2.36. The molecule has 160 valence electrons. The Hall–Kier alpha value is -3.21. The number of rotatable bonds is 4. The smallest absolute Gasteiger partial charge is 0.322 e. The van der Waals surface area contributed by atoms with Crippen molar-refractivity contribution in [2.75, 3.05) is 5.32 Å². The zero-order chi connectivity index (χ0) is 22.2. The molecule has 2 heterocycles. The number of benzene rings is 2. The van der Waals surface area contributed by atoms with Crippen LogP contribution in [0.3, 0.4) is 0 Å². The minimum absolute atomic E-state index is 0.148. The molecule has 1 N–H and O–H groups in total. The second-order valence-corrected chi connectivity index (χ2v) is 7.66. The first-order chi connectivity index (χ1) is 14.8. The van der Waals surface area contributed by atoms with Gasteiger partial charge in [-0.3, -0.25) is 9.36 Å². The SMILES string of the molecule is O=C(Nc1ccc(-n2c(C3CC=CS3)nnc2C(F)(F)F)cc1)c1cccc(F)c1F. The molecule has 0 aliphatic carbocycles. The summed E-state index contributed by atoms with van der Waals surface area (Å²) in [7, 11) is 0. The first-order valence-corrected chi connectivity index (χ1v) is 9.89. The highest BCUT2D eigenvalue weighted by Crippen LogP contribution is 2.40. The second-order valence-electron chi connectivity index (χ2n) is 6.55. The van der Waals surface area contributed by atoms with Crippen LogP contribution in [-0.2, 0) is 6.18 Å². The first-order valence-electron chi connectivity index (χ1n) is 8.94. The van der Waals surface area contributed by atoms with E-state index in [2.05, 4.69) is 15.5 Å². The zero-order valence-corrected chi connectivity index (χ0v) is 16.3. The number of carbonyl (C=O) groups excluding carboxylic acids is 1. The van der Waals surface area contributed by atoms with Gasteiger partial charge in [-0.1, -0.05) is 12.1 Å². The van der Waals surface area contributed by atoms with Gasteiger partial charge in [-0.15, -0.1) is 22.0 Å². The maximum absolute atomic E-state index is 13.8. The van der Waals surface area contributed by atoms with Gasteiger partial charge in [0.1, 0.15) is 0 Å². The average molecular weight is 452 g/mol. The van der Waals surface area contributed by atoms with Crippen molar-refractivity contribution in [3.05, 3.63) is 82.8 Å². The Balaban J connectivity index is 1.63. The van der Waals surface area contributed by atoms with Gasteiger partial charge in [0, 0.05) is 11.4 Å². The predicted molar refractivity (Wildman–Crippen MR) is 105 cm³/mol. The highest BCUT2D eigenvalue weighted by molar-refractivity contribution is 8.02. The van der Waals surface area contributed by atoms with Crippen molar-refractivity contribution in [3.8, 4) is 5.69 Å². The number of hydrogen-bond acceptors (Lipinski definition) is 4. The third kappa shape index (κ3) is 4.18. The molecular formula is C20H13F5N4OS. The lowest BCUT2D eigenvalue weighted by atomic mass is 10.2. The summed E-state index contributed by atoms with van der Waals surface area (Å²) in [5.41, 5.74) is -0.150. The summed E-state index contributed by atoms with van der Waals surface area (Å²) in [5, 5.41) is 11.0. The van der Waals surface area contributed by atoms with E-state index < -0.39 is 35.1 Å². The van der Waals surface area contributed by atoms with Crippen molar-refractivity contribution >= 4 is 23.4 Å². The van der Waals surface area contributed by atoms with Crippen molar-refractivity contribution in [1.82, 2.24) is 14.8 Å². The van der Waals surface area contributed by atoms with Crippen LogP contribution in [0.25, 0.3) is 5.69 Å². The van der Waals surface area contributed by atoms with Crippen molar-refractivity contribution in [2.45, 2.75) is 17.8 Å². The van der Waals surface area contributed by atoms with Crippen molar-refractivity contribution in [1.29, 1.82) is 0 Å². The summed E-state index contributed by atoms with van der Waals surface area (Å²) in [5.74, 6) is -4.35. The molecule has 5 nitrogen and oxygen atoms in total. The Kier molecular flexibility index (Phi) is 5.52. The highest BCUT2D eigenvalue weighted by atomic mass is 32.2. The number of halogens is 5. The van der Waals surface area contributed by atoms with Gasteiger partial charge in [0.2, 0.25) is 5.82 Å². The molecule has 0 spiro atoms. The van der Waals surface area contributed by atoms with E-state index >= 15 is 0 Å². The number of carbonyl (C=O) groups is 1. The number of hydrogen-bond donors (Lipinski definition) is 1. The maximum atomic E-state index is 13.8. The second kappa shape index (κ2) is 8.14. The summed E-state index contributed by atoms with van der Waals surface area (Å²) in [4.78, 5) is 12.2.